The Bertz CT molecular complexity index is 2140. The van der Waals surface area contributed by atoms with Crippen LogP contribution in [0.1, 0.15) is 33.5 Å². The van der Waals surface area contributed by atoms with Gasteiger partial charge in [0.15, 0.2) is 0 Å². The summed E-state index contributed by atoms with van der Waals surface area (Å²) in [6, 6.07) is 23.8. The number of nitrogens with zero attached hydrogens (tertiary/aromatic N) is 9. The van der Waals surface area contributed by atoms with Crippen LogP contribution in [0.5, 0.6) is 11.5 Å². The Morgan fingerprint density at radius 1 is 0.745 bits per heavy atom. The fraction of sp³-hybridized carbons (Fsp3) is 0.237. The molecule has 4 aromatic heterocycles. The van der Waals surface area contributed by atoms with Crippen LogP contribution in [0.25, 0.3) is 39.9 Å². The van der Waals surface area contributed by atoms with Gasteiger partial charge in [0, 0.05) is 83.9 Å². The zero-order chi connectivity index (χ0) is 38.7. The number of ether oxygens (including phenoxy) is 2. The van der Waals surface area contributed by atoms with E-state index in [4.69, 9.17) is 9.47 Å². The summed E-state index contributed by atoms with van der Waals surface area (Å²) in [6.07, 6.45) is 2.22. The van der Waals surface area contributed by atoms with Crippen molar-refractivity contribution in [2.75, 3.05) is 13.2 Å². The van der Waals surface area contributed by atoms with E-state index < -0.39 is 12.0 Å². The average Bonchev–Trinajstić information content (AvgIpc) is 4.00. The van der Waals surface area contributed by atoms with Gasteiger partial charge >= 0.3 is 26.3 Å². The van der Waals surface area contributed by atoms with Crippen molar-refractivity contribution in [2.45, 2.75) is 47.0 Å². The Hall–Kier alpha value is -5.67. The normalized spacial score (nSPS) is 10.8. The second kappa shape index (κ2) is 19.6. The van der Waals surface area contributed by atoms with Crippen LogP contribution in [0, 0.1) is 23.8 Å². The van der Waals surface area contributed by atoms with E-state index in [0.29, 0.717) is 35.8 Å². The molecule has 0 aliphatic rings. The maximum absolute atomic E-state index is 13.1. The van der Waals surface area contributed by atoms with Gasteiger partial charge in [-0.05, 0) is 39.8 Å². The Kier molecular flexibility index (Phi) is 15.0. The van der Waals surface area contributed by atoms with Crippen molar-refractivity contribution in [1.29, 1.82) is 0 Å². The molecule has 0 unspecified atom stereocenters. The van der Waals surface area contributed by atoms with Crippen molar-refractivity contribution in [3.05, 3.63) is 121 Å². The van der Waals surface area contributed by atoms with E-state index >= 15 is 0 Å². The third kappa shape index (κ3) is 11.0. The summed E-state index contributed by atoms with van der Waals surface area (Å²) in [6.45, 7) is 10.3. The molecule has 0 saturated carbocycles. The molecule has 11 nitrogen and oxygen atoms in total. The molecule has 0 spiro atoms. The van der Waals surface area contributed by atoms with Crippen LogP contribution < -0.4 is 14.6 Å². The molecule has 0 saturated heterocycles. The van der Waals surface area contributed by atoms with Crippen molar-refractivity contribution >= 4 is 0 Å². The standard InChI is InChI=1S/2C13H14FN2O.C12H7F3N5.Ir/c2*1-3-16-8-7-12(15-16)11-6-5-10(14)9-13(11)17-4-2;13-12(14,15)11-17-9(18-19-11)10-16-6-7-20(10)8-4-2-1-3-5-8;/h2*5,7-9H,3-4H2,1-2H3;1-7H;/q3*-1;+3. The molecule has 55 heavy (non-hydrogen) atoms. The second-order valence-electron chi connectivity index (χ2n) is 11.0. The molecular weight excluding hydrogens is 902 g/mol. The molecule has 0 fully saturated rings. The first-order valence-corrected chi connectivity index (χ1v) is 16.8. The SMILES string of the molecule is CCOc1cc(F)c[c-]c1-c1ccn(CC)n1.CCOc1cc(F)c[c-]c1-c1ccn(CC)n1.FC(F)(F)c1n[n-]c(-c2nccn2-c2ccccc2)n1.[Ir+3]. The molecule has 0 atom stereocenters. The van der Waals surface area contributed by atoms with Gasteiger partial charge in [-0.25, -0.2) is 15.2 Å². The van der Waals surface area contributed by atoms with Crippen LogP contribution in [0.15, 0.2) is 91.5 Å². The average molecular weight is 937 g/mol. The molecule has 0 aliphatic heterocycles. The first-order chi connectivity index (χ1) is 26.0. The number of rotatable bonds is 10. The van der Waals surface area contributed by atoms with E-state index in [-0.39, 0.29) is 43.4 Å². The van der Waals surface area contributed by atoms with E-state index in [9.17, 15) is 22.0 Å². The minimum Gasteiger partial charge on any atom is -0.537 e. The van der Waals surface area contributed by atoms with Gasteiger partial charge in [-0.15, -0.1) is 24.3 Å². The monoisotopic (exact) mass is 937 g/mol. The predicted molar refractivity (Wildman–Crippen MR) is 190 cm³/mol. The molecule has 7 aromatic rings. The van der Waals surface area contributed by atoms with Gasteiger partial charge in [0.05, 0.1) is 13.2 Å². The van der Waals surface area contributed by atoms with Crippen molar-refractivity contribution < 1.29 is 51.5 Å². The van der Waals surface area contributed by atoms with E-state index in [1.54, 1.807) is 22.9 Å². The molecule has 3 aromatic carbocycles. The molecule has 288 valence electrons. The Labute approximate surface area is 327 Å². The maximum Gasteiger partial charge on any atom is 3.00 e. The fourth-order valence-electron chi connectivity index (χ4n) is 4.90. The molecule has 4 heterocycles. The first-order valence-electron chi connectivity index (χ1n) is 16.8. The summed E-state index contributed by atoms with van der Waals surface area (Å²) in [5.74, 6) is -0.970. The second-order valence-corrected chi connectivity index (χ2v) is 11.0. The number of halogens is 5. The number of benzene rings is 3. The topological polar surface area (TPSA) is 112 Å². The summed E-state index contributed by atoms with van der Waals surface area (Å²) >= 11 is 0. The van der Waals surface area contributed by atoms with Crippen molar-refractivity contribution in [2.24, 2.45) is 0 Å². The van der Waals surface area contributed by atoms with Crippen LogP contribution in [0.2, 0.25) is 0 Å². The number of hydrogen-bond acceptors (Lipinski definition) is 7. The van der Waals surface area contributed by atoms with Gasteiger partial charge in [0.1, 0.15) is 11.6 Å². The Morgan fingerprint density at radius 3 is 1.71 bits per heavy atom. The van der Waals surface area contributed by atoms with Crippen molar-refractivity contribution in [3.8, 4) is 51.3 Å². The third-order valence-corrected chi connectivity index (χ3v) is 7.36. The van der Waals surface area contributed by atoms with E-state index in [1.807, 2.05) is 79.8 Å². The minimum atomic E-state index is -4.62. The molecule has 0 N–H and O–H groups in total. The van der Waals surface area contributed by atoms with Crippen LogP contribution in [-0.2, 0) is 39.4 Å². The van der Waals surface area contributed by atoms with Crippen LogP contribution in [0.3, 0.4) is 0 Å². The molecule has 7 rings (SSSR count). The zero-order valence-corrected chi connectivity index (χ0v) is 32.4. The van der Waals surface area contributed by atoms with Gasteiger partial charge in [-0.1, -0.05) is 53.6 Å². The smallest absolute Gasteiger partial charge is 0.537 e. The van der Waals surface area contributed by atoms with Gasteiger partial charge in [0.2, 0.25) is 0 Å². The Morgan fingerprint density at radius 2 is 1.27 bits per heavy atom. The van der Waals surface area contributed by atoms with Crippen LogP contribution >= 0.6 is 0 Å². The zero-order valence-electron chi connectivity index (χ0n) is 30.1. The van der Waals surface area contributed by atoms with Crippen molar-refractivity contribution in [3.63, 3.8) is 0 Å². The van der Waals surface area contributed by atoms with Crippen LogP contribution in [-0.4, -0.2) is 52.4 Å². The molecule has 0 amide bonds. The molecule has 0 aliphatic carbocycles. The number of para-hydroxylation sites is 1. The summed E-state index contributed by atoms with van der Waals surface area (Å²) in [5, 5.41) is 15.2. The van der Waals surface area contributed by atoms with Gasteiger partial charge < -0.3 is 24.1 Å². The number of imidazole rings is 1. The maximum atomic E-state index is 13.1. The summed E-state index contributed by atoms with van der Waals surface area (Å²) < 4.78 is 79.7. The van der Waals surface area contributed by atoms with Crippen molar-refractivity contribution in [1.82, 2.24) is 44.3 Å². The first kappa shape index (κ1) is 42.1. The molecule has 0 bridgehead atoms. The van der Waals surface area contributed by atoms with Gasteiger partial charge in [0.25, 0.3) is 0 Å². The molecule has 17 heteroatoms. The fourth-order valence-corrected chi connectivity index (χ4v) is 4.90. The summed E-state index contributed by atoms with van der Waals surface area (Å²) in [5.41, 5.74) is 3.63. The van der Waals surface area contributed by atoms with Crippen LogP contribution in [0.4, 0.5) is 22.0 Å². The predicted octanol–water partition coefficient (Wildman–Crippen LogP) is 8.12. The van der Waals surface area contributed by atoms with Gasteiger partial charge in [-0.2, -0.15) is 13.2 Å². The largest absolute Gasteiger partial charge is 3.00 e. The van der Waals surface area contributed by atoms with E-state index in [2.05, 4.69) is 42.5 Å². The number of hydrogen-bond donors (Lipinski definition) is 0. The molecular formula is C38H35F5IrN9O2. The molecule has 0 radical (unpaired) electrons. The number of aromatic nitrogens is 9. The Balaban J connectivity index is 0.000000183. The summed E-state index contributed by atoms with van der Waals surface area (Å²) in [4.78, 5) is 7.37. The minimum absolute atomic E-state index is 0. The number of aryl methyl sites for hydroxylation is 2. The quantitative estimate of drug-likeness (QED) is 0.100. The van der Waals surface area contributed by atoms with E-state index in [0.717, 1.165) is 30.2 Å². The van der Waals surface area contributed by atoms with E-state index in [1.165, 1.54) is 30.5 Å². The summed E-state index contributed by atoms with van der Waals surface area (Å²) in [7, 11) is 0. The third-order valence-electron chi connectivity index (χ3n) is 7.36. The number of alkyl halides is 3. The van der Waals surface area contributed by atoms with Gasteiger partial charge in [-0.3, -0.25) is 23.2 Å².